The third kappa shape index (κ3) is 4.51. The van der Waals surface area contributed by atoms with Crippen molar-refractivity contribution >= 4 is 40.4 Å². The number of ether oxygens (including phenoxy) is 2. The van der Waals surface area contributed by atoms with E-state index in [4.69, 9.17) is 9.47 Å². The molecular weight excluding hydrogens is 410 g/mol. The molecule has 9 heteroatoms. The predicted molar refractivity (Wildman–Crippen MR) is 120 cm³/mol. The number of nitrogens with one attached hydrogen (secondary N) is 2. The maximum Gasteiger partial charge on any atom is 0.337 e. The lowest BCUT2D eigenvalue weighted by atomic mass is 10.2. The Hall–Kier alpha value is -4.40. The van der Waals surface area contributed by atoms with Crippen molar-refractivity contribution in [2.24, 2.45) is 7.05 Å². The number of imidazole rings is 1. The third-order valence-electron chi connectivity index (χ3n) is 4.69. The summed E-state index contributed by atoms with van der Waals surface area (Å²) in [6, 6.07) is 15.9. The Morgan fingerprint density at radius 2 is 1.75 bits per heavy atom. The number of amides is 1. The summed E-state index contributed by atoms with van der Waals surface area (Å²) in [5, 5.41) is 5.88. The lowest BCUT2D eigenvalue weighted by molar-refractivity contribution is -0.114. The molecule has 0 aliphatic rings. The Morgan fingerprint density at radius 3 is 2.47 bits per heavy atom. The van der Waals surface area contributed by atoms with Crippen LogP contribution in [0, 0.1) is 0 Å². The van der Waals surface area contributed by atoms with Crippen LogP contribution in [0.3, 0.4) is 0 Å². The van der Waals surface area contributed by atoms with Gasteiger partial charge in [0.25, 0.3) is 0 Å². The number of carbonyl (C=O) groups is 2. The van der Waals surface area contributed by atoms with E-state index >= 15 is 0 Å². The van der Waals surface area contributed by atoms with Gasteiger partial charge < -0.3 is 24.7 Å². The molecule has 0 saturated heterocycles. The number of esters is 1. The lowest BCUT2D eigenvalue weighted by Gasteiger charge is -2.08. The normalized spacial score (nSPS) is 10.6. The molecule has 162 valence electrons. The van der Waals surface area contributed by atoms with Crippen LogP contribution >= 0.6 is 0 Å². The molecule has 2 aromatic carbocycles. The summed E-state index contributed by atoms with van der Waals surface area (Å²) in [7, 11) is 3.26. The van der Waals surface area contributed by atoms with Crippen LogP contribution in [0.2, 0.25) is 0 Å². The van der Waals surface area contributed by atoms with Gasteiger partial charge in [-0.05, 0) is 42.5 Å². The smallest absolute Gasteiger partial charge is 0.337 e. The average Bonchev–Trinajstić information content (AvgIpc) is 3.08. The van der Waals surface area contributed by atoms with Crippen molar-refractivity contribution in [2.75, 3.05) is 17.7 Å². The van der Waals surface area contributed by atoms with Gasteiger partial charge in [0.05, 0.1) is 23.7 Å². The van der Waals surface area contributed by atoms with E-state index in [0.717, 1.165) is 16.7 Å². The summed E-state index contributed by atoms with van der Waals surface area (Å²) in [4.78, 5) is 31.6. The first-order chi connectivity index (χ1) is 15.4. The molecule has 2 N–H and O–H groups in total. The SMILES string of the molecule is COC(=O)c1ccc(Nc2nc3cc(Oc4ccnc(NC(C)=O)c4)ccc3n2C)cc1. The van der Waals surface area contributed by atoms with Crippen LogP contribution in [-0.2, 0) is 16.6 Å². The average molecular weight is 431 g/mol. The topological polar surface area (TPSA) is 107 Å². The van der Waals surface area contributed by atoms with E-state index < -0.39 is 0 Å². The molecule has 2 heterocycles. The molecule has 2 aromatic heterocycles. The minimum atomic E-state index is -0.384. The predicted octanol–water partition coefficient (Wildman–Crippen LogP) is 4.25. The number of nitrogens with zero attached hydrogens (tertiary/aromatic N) is 3. The molecule has 0 spiro atoms. The molecule has 9 nitrogen and oxygen atoms in total. The zero-order chi connectivity index (χ0) is 22.7. The molecule has 0 atom stereocenters. The summed E-state index contributed by atoms with van der Waals surface area (Å²) < 4.78 is 12.6. The van der Waals surface area contributed by atoms with Crippen LogP contribution in [0.15, 0.2) is 60.8 Å². The summed E-state index contributed by atoms with van der Waals surface area (Å²) >= 11 is 0. The van der Waals surface area contributed by atoms with Gasteiger partial charge in [-0.25, -0.2) is 14.8 Å². The van der Waals surface area contributed by atoms with Crippen LogP contribution in [0.1, 0.15) is 17.3 Å². The molecule has 0 unspecified atom stereocenters. The Kier molecular flexibility index (Phi) is 5.71. The number of benzene rings is 2. The van der Waals surface area contributed by atoms with Crippen molar-refractivity contribution in [3.8, 4) is 11.5 Å². The number of hydrogen-bond acceptors (Lipinski definition) is 7. The van der Waals surface area contributed by atoms with Crippen LogP contribution in [0.4, 0.5) is 17.5 Å². The molecule has 0 radical (unpaired) electrons. The van der Waals surface area contributed by atoms with Crippen molar-refractivity contribution in [1.82, 2.24) is 14.5 Å². The highest BCUT2D eigenvalue weighted by molar-refractivity contribution is 5.90. The lowest BCUT2D eigenvalue weighted by Crippen LogP contribution is -2.07. The van der Waals surface area contributed by atoms with E-state index in [1.165, 1.54) is 14.0 Å². The molecule has 1 amide bonds. The van der Waals surface area contributed by atoms with E-state index in [2.05, 4.69) is 20.6 Å². The second kappa shape index (κ2) is 8.76. The molecule has 0 aliphatic carbocycles. The van der Waals surface area contributed by atoms with Crippen molar-refractivity contribution in [1.29, 1.82) is 0 Å². The number of pyridine rings is 1. The van der Waals surface area contributed by atoms with Gasteiger partial charge in [-0.3, -0.25) is 4.79 Å². The van der Waals surface area contributed by atoms with Crippen LogP contribution in [0.5, 0.6) is 11.5 Å². The maximum absolute atomic E-state index is 11.6. The van der Waals surface area contributed by atoms with Gasteiger partial charge in [0, 0.05) is 38.0 Å². The molecule has 4 aromatic rings. The number of aryl methyl sites for hydroxylation is 1. The first-order valence-corrected chi connectivity index (χ1v) is 9.76. The highest BCUT2D eigenvalue weighted by Gasteiger charge is 2.11. The number of aromatic nitrogens is 3. The molecule has 4 rings (SSSR count). The Labute approximate surface area is 184 Å². The highest BCUT2D eigenvalue weighted by atomic mass is 16.5. The van der Waals surface area contributed by atoms with Crippen molar-refractivity contribution in [2.45, 2.75) is 6.92 Å². The number of hydrogen-bond donors (Lipinski definition) is 2. The Morgan fingerprint density at radius 1 is 1.00 bits per heavy atom. The quantitative estimate of drug-likeness (QED) is 0.440. The molecule has 0 bridgehead atoms. The fraction of sp³-hybridized carbons (Fsp3) is 0.130. The minimum Gasteiger partial charge on any atom is -0.465 e. The van der Waals surface area contributed by atoms with E-state index in [-0.39, 0.29) is 11.9 Å². The third-order valence-corrected chi connectivity index (χ3v) is 4.69. The van der Waals surface area contributed by atoms with Crippen LogP contribution in [0.25, 0.3) is 11.0 Å². The number of methoxy groups -OCH3 is 1. The minimum absolute atomic E-state index is 0.204. The van der Waals surface area contributed by atoms with Crippen molar-refractivity contribution in [3.63, 3.8) is 0 Å². The van der Waals surface area contributed by atoms with Crippen LogP contribution in [-0.4, -0.2) is 33.5 Å². The van der Waals surface area contributed by atoms with Crippen molar-refractivity contribution in [3.05, 3.63) is 66.4 Å². The molecule has 32 heavy (non-hydrogen) atoms. The largest absolute Gasteiger partial charge is 0.465 e. The van der Waals surface area contributed by atoms with Crippen molar-refractivity contribution < 1.29 is 19.1 Å². The van der Waals surface area contributed by atoms with E-state index in [1.807, 2.05) is 29.8 Å². The molecule has 0 aliphatic heterocycles. The molecule has 0 fully saturated rings. The fourth-order valence-corrected chi connectivity index (χ4v) is 3.15. The Balaban J connectivity index is 1.54. The molecule has 0 saturated carbocycles. The maximum atomic E-state index is 11.6. The van der Waals surface area contributed by atoms with Gasteiger partial charge >= 0.3 is 5.97 Å². The van der Waals surface area contributed by atoms with E-state index in [0.29, 0.717) is 28.8 Å². The van der Waals surface area contributed by atoms with Gasteiger partial charge in [-0.15, -0.1) is 0 Å². The van der Waals surface area contributed by atoms with Gasteiger partial charge in [0.1, 0.15) is 17.3 Å². The number of rotatable bonds is 6. The standard InChI is InChI=1S/C23H21N5O4/c1-14(29)25-21-13-18(10-11-24-21)32-17-8-9-20-19(12-17)27-23(28(20)2)26-16-6-4-15(5-7-16)22(30)31-3/h4-13H,1-3H3,(H,26,27)(H,24,25,29). The van der Waals surface area contributed by atoms with Gasteiger partial charge in [-0.1, -0.05) is 0 Å². The summed E-state index contributed by atoms with van der Waals surface area (Å²) in [5.41, 5.74) is 2.92. The second-order valence-electron chi connectivity index (χ2n) is 7.00. The highest BCUT2D eigenvalue weighted by Crippen LogP contribution is 2.28. The van der Waals surface area contributed by atoms with Gasteiger partial charge in [0.2, 0.25) is 11.9 Å². The van der Waals surface area contributed by atoms with E-state index in [9.17, 15) is 9.59 Å². The van der Waals surface area contributed by atoms with E-state index in [1.54, 1.807) is 42.6 Å². The zero-order valence-corrected chi connectivity index (χ0v) is 17.7. The first kappa shape index (κ1) is 20.9. The Bertz CT molecular complexity index is 1300. The summed E-state index contributed by atoms with van der Waals surface area (Å²) in [6.07, 6.45) is 1.56. The van der Waals surface area contributed by atoms with Crippen LogP contribution < -0.4 is 15.4 Å². The number of carbonyl (C=O) groups excluding carboxylic acids is 2. The number of fused-ring (bicyclic) bond motifs is 1. The first-order valence-electron chi connectivity index (χ1n) is 9.76. The fourth-order valence-electron chi connectivity index (χ4n) is 3.15. The number of anilines is 3. The monoisotopic (exact) mass is 431 g/mol. The van der Waals surface area contributed by atoms with Gasteiger partial charge in [-0.2, -0.15) is 0 Å². The summed E-state index contributed by atoms with van der Waals surface area (Å²) in [6.45, 7) is 1.42. The van der Waals surface area contributed by atoms with Gasteiger partial charge in [0.15, 0.2) is 0 Å². The summed E-state index contributed by atoms with van der Waals surface area (Å²) in [5.74, 6) is 1.61. The molecular formula is C23H21N5O4. The zero-order valence-electron chi connectivity index (χ0n) is 17.7. The second-order valence-corrected chi connectivity index (χ2v) is 7.00.